The molecule has 0 heterocycles. The molecule has 0 aromatic carbocycles. The molecule has 3 atom stereocenters. The van der Waals surface area contributed by atoms with Gasteiger partial charge in [-0.05, 0) is 45.1 Å². The number of rotatable bonds is 9. The van der Waals surface area contributed by atoms with Gasteiger partial charge in [0.1, 0.15) is 0 Å². The molecule has 0 radical (unpaired) electrons. The van der Waals surface area contributed by atoms with Gasteiger partial charge >= 0.3 is 0 Å². The number of aliphatic hydroxyl groups is 1. The zero-order valence-corrected chi connectivity index (χ0v) is 14.0. The lowest BCUT2D eigenvalue weighted by molar-refractivity contribution is 0.0927. The summed E-state index contributed by atoms with van der Waals surface area (Å²) in [4.78, 5) is 0. The van der Waals surface area contributed by atoms with E-state index in [1.54, 1.807) is 0 Å². The van der Waals surface area contributed by atoms with Gasteiger partial charge in [-0.15, -0.1) is 0 Å². The van der Waals surface area contributed by atoms with Gasteiger partial charge in [-0.2, -0.15) is 0 Å². The monoisotopic (exact) mass is 284 g/mol. The van der Waals surface area contributed by atoms with Crippen molar-refractivity contribution in [3.05, 3.63) is 0 Å². The predicted octanol–water partition coefficient (Wildman–Crippen LogP) is 2.93. The number of hydrogen-bond acceptors (Lipinski definition) is 3. The quantitative estimate of drug-likeness (QED) is 0.610. The first-order valence-electron chi connectivity index (χ1n) is 8.60. The lowest BCUT2D eigenvalue weighted by Gasteiger charge is -2.38. The highest BCUT2D eigenvalue weighted by molar-refractivity contribution is 4.88. The van der Waals surface area contributed by atoms with Gasteiger partial charge < -0.3 is 15.7 Å². The maximum absolute atomic E-state index is 9.87. The molecule has 1 aliphatic carbocycles. The summed E-state index contributed by atoms with van der Waals surface area (Å²) in [6.07, 6.45) is 8.36. The van der Waals surface area contributed by atoms with Gasteiger partial charge in [0.15, 0.2) is 0 Å². The maximum atomic E-state index is 9.87. The van der Waals surface area contributed by atoms with E-state index in [1.807, 2.05) is 0 Å². The van der Waals surface area contributed by atoms with Crippen LogP contribution in [0.15, 0.2) is 0 Å². The van der Waals surface area contributed by atoms with E-state index in [0.29, 0.717) is 18.7 Å². The maximum Gasteiger partial charge on any atom is 0.0499 e. The minimum Gasteiger partial charge on any atom is -0.396 e. The van der Waals surface area contributed by atoms with Gasteiger partial charge in [0.25, 0.3) is 0 Å². The standard InChI is InChI=1S/C17H36N2O/c1-5-7-17(13-20,8-6-2)12-19-16-10-14(3)9-15(11-16)18-4/h14-16,18-20H,5-13H2,1-4H3/t14-,15?,16?/m0/s1. The summed E-state index contributed by atoms with van der Waals surface area (Å²) >= 11 is 0. The molecule has 1 rings (SSSR count). The van der Waals surface area contributed by atoms with E-state index in [1.165, 1.54) is 19.3 Å². The summed E-state index contributed by atoms with van der Waals surface area (Å²) in [7, 11) is 2.08. The van der Waals surface area contributed by atoms with Crippen LogP contribution in [0.4, 0.5) is 0 Å². The Morgan fingerprint density at radius 2 is 1.65 bits per heavy atom. The highest BCUT2D eigenvalue weighted by Crippen LogP contribution is 2.30. The third-order valence-electron chi connectivity index (χ3n) is 5.01. The number of hydrogen-bond donors (Lipinski definition) is 3. The molecule has 0 aliphatic heterocycles. The first-order valence-corrected chi connectivity index (χ1v) is 8.60. The van der Waals surface area contributed by atoms with Crippen LogP contribution in [0.25, 0.3) is 0 Å². The minimum atomic E-state index is 0.0966. The fourth-order valence-corrected chi connectivity index (χ4v) is 3.94. The van der Waals surface area contributed by atoms with Gasteiger partial charge in [-0.3, -0.25) is 0 Å². The largest absolute Gasteiger partial charge is 0.396 e. The summed E-state index contributed by atoms with van der Waals surface area (Å²) in [6.45, 7) is 8.09. The second kappa shape index (κ2) is 9.01. The topological polar surface area (TPSA) is 44.3 Å². The van der Waals surface area contributed by atoms with Gasteiger partial charge in [0.2, 0.25) is 0 Å². The fraction of sp³-hybridized carbons (Fsp3) is 1.00. The van der Waals surface area contributed by atoms with Crippen molar-refractivity contribution in [1.82, 2.24) is 10.6 Å². The van der Waals surface area contributed by atoms with Gasteiger partial charge in [0, 0.05) is 30.7 Å². The molecular formula is C17H36N2O. The molecule has 1 saturated carbocycles. The predicted molar refractivity (Wildman–Crippen MR) is 87.0 cm³/mol. The van der Waals surface area contributed by atoms with Gasteiger partial charge in [0.05, 0.1) is 0 Å². The summed E-state index contributed by atoms with van der Waals surface area (Å²) in [5.41, 5.74) is 0.0966. The van der Waals surface area contributed by atoms with E-state index in [-0.39, 0.29) is 5.41 Å². The van der Waals surface area contributed by atoms with Crippen LogP contribution in [0.1, 0.15) is 65.7 Å². The molecule has 2 unspecified atom stereocenters. The Labute approximate surface area is 125 Å². The van der Waals surface area contributed by atoms with Crippen molar-refractivity contribution in [2.45, 2.75) is 77.8 Å². The van der Waals surface area contributed by atoms with Crippen LogP contribution in [-0.4, -0.2) is 37.4 Å². The van der Waals surface area contributed by atoms with Crippen molar-refractivity contribution in [3.8, 4) is 0 Å². The molecule has 0 saturated heterocycles. The lowest BCUT2D eigenvalue weighted by Crippen LogP contribution is -2.47. The number of aliphatic hydroxyl groups excluding tert-OH is 1. The van der Waals surface area contributed by atoms with Crippen molar-refractivity contribution in [3.63, 3.8) is 0 Å². The summed E-state index contributed by atoms with van der Waals surface area (Å²) < 4.78 is 0. The third kappa shape index (κ3) is 5.34. The Hall–Kier alpha value is -0.120. The van der Waals surface area contributed by atoms with Crippen LogP contribution in [0.5, 0.6) is 0 Å². The van der Waals surface area contributed by atoms with E-state index < -0.39 is 0 Å². The average Bonchev–Trinajstić information content (AvgIpc) is 2.44. The van der Waals surface area contributed by atoms with E-state index in [4.69, 9.17) is 0 Å². The Morgan fingerprint density at radius 1 is 1.05 bits per heavy atom. The zero-order valence-electron chi connectivity index (χ0n) is 14.0. The first-order chi connectivity index (χ1) is 9.59. The second-order valence-corrected chi connectivity index (χ2v) is 7.03. The Morgan fingerprint density at radius 3 is 2.15 bits per heavy atom. The van der Waals surface area contributed by atoms with E-state index in [9.17, 15) is 5.11 Å². The lowest BCUT2D eigenvalue weighted by atomic mass is 9.78. The molecule has 1 fully saturated rings. The molecule has 0 aromatic rings. The SMILES string of the molecule is CCCC(CO)(CCC)CNC1CC(NC)C[C@H](C)C1. The first kappa shape index (κ1) is 17.9. The van der Waals surface area contributed by atoms with E-state index >= 15 is 0 Å². The molecule has 3 nitrogen and oxygen atoms in total. The average molecular weight is 284 g/mol. The molecule has 3 heteroatoms. The zero-order chi connectivity index (χ0) is 15.0. The van der Waals surface area contributed by atoms with Gasteiger partial charge in [-0.1, -0.05) is 33.6 Å². The van der Waals surface area contributed by atoms with Crippen LogP contribution in [-0.2, 0) is 0 Å². The Kier molecular flexibility index (Phi) is 8.08. The molecular weight excluding hydrogens is 248 g/mol. The highest BCUT2D eigenvalue weighted by atomic mass is 16.3. The van der Waals surface area contributed by atoms with E-state index in [2.05, 4.69) is 38.5 Å². The molecule has 0 bridgehead atoms. The molecule has 3 N–H and O–H groups in total. The summed E-state index contributed by atoms with van der Waals surface area (Å²) in [6, 6.07) is 1.26. The fourth-order valence-electron chi connectivity index (χ4n) is 3.94. The third-order valence-corrected chi connectivity index (χ3v) is 5.01. The van der Waals surface area contributed by atoms with Crippen LogP contribution in [0.3, 0.4) is 0 Å². The van der Waals surface area contributed by atoms with Crippen molar-refractivity contribution in [1.29, 1.82) is 0 Å². The van der Waals surface area contributed by atoms with Crippen LogP contribution in [0.2, 0.25) is 0 Å². The normalized spacial score (nSPS) is 27.8. The summed E-state index contributed by atoms with van der Waals surface area (Å²) in [5, 5.41) is 17.1. The molecule has 0 amide bonds. The minimum absolute atomic E-state index is 0.0966. The van der Waals surface area contributed by atoms with Crippen LogP contribution in [0, 0.1) is 11.3 Å². The van der Waals surface area contributed by atoms with Crippen LogP contribution < -0.4 is 10.6 Å². The molecule has 20 heavy (non-hydrogen) atoms. The van der Waals surface area contributed by atoms with Crippen LogP contribution >= 0.6 is 0 Å². The second-order valence-electron chi connectivity index (χ2n) is 7.03. The van der Waals surface area contributed by atoms with Crippen molar-refractivity contribution >= 4 is 0 Å². The Balaban J connectivity index is 2.53. The van der Waals surface area contributed by atoms with E-state index in [0.717, 1.165) is 38.1 Å². The Bertz CT molecular complexity index is 251. The highest BCUT2D eigenvalue weighted by Gasteiger charge is 2.31. The molecule has 1 aliphatic rings. The molecule has 120 valence electrons. The van der Waals surface area contributed by atoms with Crippen molar-refractivity contribution in [2.75, 3.05) is 20.2 Å². The number of nitrogens with one attached hydrogen (secondary N) is 2. The smallest absolute Gasteiger partial charge is 0.0499 e. The van der Waals surface area contributed by atoms with Crippen molar-refractivity contribution in [2.24, 2.45) is 11.3 Å². The summed E-state index contributed by atoms with van der Waals surface area (Å²) in [5.74, 6) is 0.791. The molecule has 0 spiro atoms. The van der Waals surface area contributed by atoms with Crippen molar-refractivity contribution < 1.29 is 5.11 Å². The molecule has 0 aromatic heterocycles. The van der Waals surface area contributed by atoms with Gasteiger partial charge in [-0.25, -0.2) is 0 Å².